The fourth-order valence-electron chi connectivity index (χ4n) is 0.237. The van der Waals surface area contributed by atoms with Gasteiger partial charge in [0, 0.05) is 5.75 Å². The van der Waals surface area contributed by atoms with Crippen LogP contribution in [0.25, 0.3) is 0 Å². The fourth-order valence-corrected chi connectivity index (χ4v) is 0.712. The first-order chi connectivity index (χ1) is 2.91. The van der Waals surface area contributed by atoms with E-state index in [2.05, 4.69) is 6.92 Å². The first-order valence-corrected chi connectivity index (χ1v) is 3.33. The monoisotopic (exact) mass is 105 g/mol. The van der Waals surface area contributed by atoms with Crippen molar-refractivity contribution in [2.75, 3.05) is 5.75 Å². The van der Waals surface area contributed by atoms with Crippen molar-refractivity contribution in [3.63, 3.8) is 0 Å². The molecule has 0 aliphatic rings. The molecule has 2 heteroatoms. The summed E-state index contributed by atoms with van der Waals surface area (Å²) in [5.41, 5.74) is 0. The second kappa shape index (κ2) is 5.15. The molecule has 0 aromatic rings. The van der Waals surface area contributed by atoms with Gasteiger partial charge in [0.1, 0.15) is 0 Å². The lowest BCUT2D eigenvalue weighted by Crippen LogP contribution is -1.75. The van der Waals surface area contributed by atoms with Gasteiger partial charge in [0.15, 0.2) is 0 Å². The Kier molecular flexibility index (Phi) is 5.28. The lowest BCUT2D eigenvalue weighted by Gasteiger charge is -1.81. The average Bonchev–Trinajstić information content (AvgIpc) is 1.61. The molecule has 0 rings (SSSR count). The van der Waals surface area contributed by atoms with Crippen LogP contribution in [0.5, 0.6) is 0 Å². The van der Waals surface area contributed by atoms with E-state index >= 15 is 0 Å². The Labute approximate surface area is 42.7 Å². The van der Waals surface area contributed by atoms with E-state index in [1.54, 1.807) is 0 Å². The maximum absolute atomic E-state index is 6.68. The Bertz CT molecular complexity index is 36.5. The predicted octanol–water partition coefficient (Wildman–Crippen LogP) is 1.36. The van der Waals surface area contributed by atoms with Gasteiger partial charge in [-0.05, 0) is 6.42 Å². The van der Waals surface area contributed by atoms with Gasteiger partial charge in [-0.2, -0.15) is 0 Å². The van der Waals surface area contributed by atoms with E-state index in [4.69, 9.17) is 4.78 Å². The third kappa shape index (κ3) is 4.15. The van der Waals surface area contributed by atoms with E-state index < -0.39 is 0 Å². The number of nitrogens with one attached hydrogen (secondary N) is 1. The highest BCUT2D eigenvalue weighted by Crippen LogP contribution is 1.82. The van der Waals surface area contributed by atoms with E-state index in [9.17, 15) is 0 Å². The average molecular weight is 105 g/mol. The SMILES string of the molecule is CCCC[SH]=N. The van der Waals surface area contributed by atoms with Crippen LogP contribution in [0, 0.1) is 4.78 Å². The fraction of sp³-hybridized carbons (Fsp3) is 1.00. The van der Waals surface area contributed by atoms with Gasteiger partial charge in [0.05, 0.1) is 0 Å². The summed E-state index contributed by atoms with van der Waals surface area (Å²) >= 11 is 0.795. The summed E-state index contributed by atoms with van der Waals surface area (Å²) in [5, 5.41) is 0. The van der Waals surface area contributed by atoms with Crippen LogP contribution >= 0.6 is 0 Å². The van der Waals surface area contributed by atoms with E-state index in [0.717, 1.165) is 17.3 Å². The summed E-state index contributed by atoms with van der Waals surface area (Å²) in [7, 11) is 0. The molecule has 1 N–H and O–H groups in total. The molecule has 0 aliphatic heterocycles. The maximum Gasteiger partial charge on any atom is 0.00101 e. The number of hydrogen-bond donors (Lipinski definition) is 2. The van der Waals surface area contributed by atoms with Crippen molar-refractivity contribution in [2.24, 2.45) is 0 Å². The van der Waals surface area contributed by atoms with Crippen molar-refractivity contribution in [3.05, 3.63) is 0 Å². The number of hydrogen-bond acceptors (Lipinski definition) is 1. The van der Waals surface area contributed by atoms with Crippen LogP contribution in [0.15, 0.2) is 0 Å². The first-order valence-electron chi connectivity index (χ1n) is 2.25. The lowest BCUT2D eigenvalue weighted by atomic mass is 10.4. The summed E-state index contributed by atoms with van der Waals surface area (Å²) < 4.78 is 6.68. The van der Waals surface area contributed by atoms with Crippen molar-refractivity contribution in [1.82, 2.24) is 0 Å². The molecule has 0 bridgehead atoms. The zero-order valence-corrected chi connectivity index (χ0v) is 4.96. The molecule has 0 amide bonds. The molecule has 0 saturated heterocycles. The van der Waals surface area contributed by atoms with Gasteiger partial charge in [0.2, 0.25) is 0 Å². The zero-order valence-electron chi connectivity index (χ0n) is 4.07. The molecule has 0 fully saturated rings. The van der Waals surface area contributed by atoms with E-state index in [0.29, 0.717) is 0 Å². The topological polar surface area (TPSA) is 23.9 Å². The van der Waals surface area contributed by atoms with Gasteiger partial charge in [-0.25, -0.2) is 0 Å². The van der Waals surface area contributed by atoms with Gasteiger partial charge in [-0.15, -0.1) is 11.6 Å². The molecule has 0 saturated carbocycles. The van der Waals surface area contributed by atoms with Crippen molar-refractivity contribution in [3.8, 4) is 0 Å². The molecule has 0 radical (unpaired) electrons. The van der Waals surface area contributed by atoms with E-state index in [1.807, 2.05) is 0 Å². The number of thiol groups is 1. The highest BCUT2D eigenvalue weighted by atomic mass is 32.1. The zero-order chi connectivity index (χ0) is 4.83. The Hall–Kier alpha value is 0.150. The highest BCUT2D eigenvalue weighted by Gasteiger charge is 1.71. The summed E-state index contributed by atoms with van der Waals surface area (Å²) in [6, 6.07) is 0. The molecule has 0 unspecified atom stereocenters. The van der Waals surface area contributed by atoms with E-state index in [-0.39, 0.29) is 0 Å². The minimum absolute atomic E-state index is 0.795. The summed E-state index contributed by atoms with van der Waals surface area (Å²) in [6.07, 6.45) is 2.44. The standard InChI is InChI=1S/C4H11NS/c1-2-3-4-6-5/h5-6H,2-4H2,1H3. The first kappa shape index (κ1) is 6.15. The van der Waals surface area contributed by atoms with E-state index in [1.165, 1.54) is 12.8 Å². The number of rotatable bonds is 3. The minimum Gasteiger partial charge on any atom is -0.283 e. The van der Waals surface area contributed by atoms with Gasteiger partial charge >= 0.3 is 0 Å². The van der Waals surface area contributed by atoms with Crippen LogP contribution in [0.4, 0.5) is 0 Å². The van der Waals surface area contributed by atoms with Crippen LogP contribution in [-0.2, 0) is 11.6 Å². The second-order valence-electron chi connectivity index (χ2n) is 1.24. The predicted molar refractivity (Wildman–Crippen MR) is 31.3 cm³/mol. The second-order valence-corrected chi connectivity index (χ2v) is 2.00. The highest BCUT2D eigenvalue weighted by molar-refractivity contribution is 7.66. The quantitative estimate of drug-likeness (QED) is 0.400. The van der Waals surface area contributed by atoms with Crippen LogP contribution in [-0.4, -0.2) is 5.75 Å². The normalized spacial score (nSPS) is 8.83. The van der Waals surface area contributed by atoms with Crippen LogP contribution in [0.3, 0.4) is 0 Å². The van der Waals surface area contributed by atoms with Crippen LogP contribution in [0.1, 0.15) is 19.8 Å². The Morgan fingerprint density at radius 3 is 2.50 bits per heavy atom. The lowest BCUT2D eigenvalue weighted by molar-refractivity contribution is 0.896. The Morgan fingerprint density at radius 2 is 2.33 bits per heavy atom. The van der Waals surface area contributed by atoms with Gasteiger partial charge in [-0.1, -0.05) is 13.3 Å². The molecule has 0 aromatic heterocycles. The summed E-state index contributed by atoms with van der Waals surface area (Å²) in [4.78, 5) is 0. The molecule has 0 heterocycles. The molecule has 0 aromatic carbocycles. The third-order valence-corrected chi connectivity index (χ3v) is 1.16. The summed E-state index contributed by atoms with van der Waals surface area (Å²) in [5.74, 6) is 1.05. The minimum atomic E-state index is 0.795. The van der Waals surface area contributed by atoms with Gasteiger partial charge < -0.3 is 0 Å². The maximum atomic E-state index is 6.68. The largest absolute Gasteiger partial charge is 0.283 e. The smallest absolute Gasteiger partial charge is 0.00101 e. The van der Waals surface area contributed by atoms with Gasteiger partial charge in [0.25, 0.3) is 0 Å². The van der Waals surface area contributed by atoms with Crippen molar-refractivity contribution < 1.29 is 0 Å². The molecule has 0 atom stereocenters. The molecule has 1 nitrogen and oxygen atoms in total. The van der Waals surface area contributed by atoms with Crippen LogP contribution in [0.2, 0.25) is 0 Å². The molecule has 6 heavy (non-hydrogen) atoms. The van der Waals surface area contributed by atoms with Crippen LogP contribution < -0.4 is 0 Å². The van der Waals surface area contributed by atoms with Gasteiger partial charge in [-0.3, -0.25) is 4.78 Å². The Balaban J connectivity index is 2.49. The molecular weight excluding hydrogens is 94.1 g/mol. The molecule has 0 aliphatic carbocycles. The van der Waals surface area contributed by atoms with Crippen molar-refractivity contribution in [2.45, 2.75) is 19.8 Å². The summed E-state index contributed by atoms with van der Waals surface area (Å²) in [6.45, 7) is 2.14. The Morgan fingerprint density at radius 1 is 1.67 bits per heavy atom. The molecular formula is C4H11NS. The van der Waals surface area contributed by atoms with Crippen molar-refractivity contribution >= 4 is 11.6 Å². The third-order valence-electron chi connectivity index (χ3n) is 0.623. The molecule has 0 spiro atoms. The van der Waals surface area contributed by atoms with Crippen molar-refractivity contribution in [1.29, 1.82) is 4.78 Å². The molecule has 38 valence electrons. The number of unbranched alkanes of at least 4 members (excludes halogenated alkanes) is 1.